The van der Waals surface area contributed by atoms with Crippen LogP contribution >= 0.6 is 11.6 Å². The van der Waals surface area contributed by atoms with Gasteiger partial charge in [0.25, 0.3) is 5.91 Å². The SMILES string of the molecule is O=C1CCC2(CCCN(C(=O)c3cccc(Cl)c3)C2)CN1CCCO. The number of halogens is 1. The van der Waals surface area contributed by atoms with E-state index in [1.165, 1.54) is 0 Å². The predicted molar refractivity (Wildman–Crippen MR) is 96.5 cm³/mol. The third-order valence-corrected chi connectivity index (χ3v) is 5.59. The third kappa shape index (κ3) is 4.15. The van der Waals surface area contributed by atoms with Crippen molar-refractivity contribution in [3.05, 3.63) is 34.9 Å². The van der Waals surface area contributed by atoms with E-state index < -0.39 is 0 Å². The number of aliphatic hydroxyl groups excluding tert-OH is 1. The molecule has 136 valence electrons. The molecule has 0 bridgehead atoms. The molecular weight excluding hydrogens is 340 g/mol. The first-order valence-corrected chi connectivity index (χ1v) is 9.34. The highest BCUT2D eigenvalue weighted by molar-refractivity contribution is 6.30. The van der Waals surface area contributed by atoms with E-state index in [4.69, 9.17) is 16.7 Å². The maximum Gasteiger partial charge on any atom is 0.253 e. The molecule has 2 amide bonds. The van der Waals surface area contributed by atoms with Crippen molar-refractivity contribution in [2.45, 2.75) is 32.1 Å². The Morgan fingerprint density at radius 1 is 1.28 bits per heavy atom. The summed E-state index contributed by atoms with van der Waals surface area (Å²) in [5.41, 5.74) is 0.601. The monoisotopic (exact) mass is 364 g/mol. The van der Waals surface area contributed by atoms with Gasteiger partial charge >= 0.3 is 0 Å². The van der Waals surface area contributed by atoms with Crippen LogP contribution in [-0.4, -0.2) is 59.5 Å². The lowest BCUT2D eigenvalue weighted by atomic mass is 9.73. The number of carbonyl (C=O) groups excluding carboxylic acids is 2. The zero-order chi connectivity index (χ0) is 17.9. The molecule has 5 nitrogen and oxygen atoms in total. The number of likely N-dealkylation sites (tertiary alicyclic amines) is 2. The fourth-order valence-electron chi connectivity index (χ4n) is 4.09. The summed E-state index contributed by atoms with van der Waals surface area (Å²) in [5, 5.41) is 9.61. The Bertz CT molecular complexity index is 651. The first-order chi connectivity index (χ1) is 12.0. The minimum atomic E-state index is -0.0180. The molecule has 0 aromatic heterocycles. The van der Waals surface area contributed by atoms with Gasteiger partial charge in [-0.05, 0) is 43.9 Å². The minimum absolute atomic E-state index is 0.0142. The summed E-state index contributed by atoms with van der Waals surface area (Å²) in [5.74, 6) is 0.178. The maximum atomic E-state index is 12.8. The van der Waals surface area contributed by atoms with Crippen LogP contribution in [0.3, 0.4) is 0 Å². The van der Waals surface area contributed by atoms with E-state index in [-0.39, 0.29) is 23.8 Å². The van der Waals surface area contributed by atoms with Crippen LogP contribution in [0.4, 0.5) is 0 Å². The molecule has 2 aliphatic rings. The van der Waals surface area contributed by atoms with E-state index >= 15 is 0 Å². The average molecular weight is 365 g/mol. The van der Waals surface area contributed by atoms with Gasteiger partial charge in [0.1, 0.15) is 0 Å². The quantitative estimate of drug-likeness (QED) is 0.893. The van der Waals surface area contributed by atoms with Gasteiger partial charge in [-0.2, -0.15) is 0 Å². The van der Waals surface area contributed by atoms with Crippen molar-refractivity contribution in [3.8, 4) is 0 Å². The van der Waals surface area contributed by atoms with Crippen molar-refractivity contribution in [1.29, 1.82) is 0 Å². The molecule has 1 spiro atoms. The molecule has 1 N–H and O–H groups in total. The standard InChI is InChI=1S/C19H25ClN2O3/c20-16-5-1-4-15(12-16)18(25)22-9-2-7-19(14-22)8-6-17(24)21(13-19)10-3-11-23/h1,4-5,12,23H,2-3,6-11,13-14H2. The van der Waals surface area contributed by atoms with Crippen molar-refractivity contribution in [2.75, 3.05) is 32.8 Å². The lowest BCUT2D eigenvalue weighted by Gasteiger charge is -2.48. The average Bonchev–Trinajstić information content (AvgIpc) is 2.62. The second kappa shape index (κ2) is 7.75. The van der Waals surface area contributed by atoms with Crippen LogP contribution in [0, 0.1) is 5.41 Å². The second-order valence-corrected chi connectivity index (χ2v) is 7.67. The van der Waals surface area contributed by atoms with Gasteiger partial charge in [0.15, 0.2) is 0 Å². The van der Waals surface area contributed by atoms with E-state index in [0.717, 1.165) is 25.8 Å². The number of nitrogens with zero attached hydrogens (tertiary/aromatic N) is 2. The summed E-state index contributed by atoms with van der Waals surface area (Å²) >= 11 is 6.02. The number of aliphatic hydroxyl groups is 1. The first-order valence-electron chi connectivity index (χ1n) is 8.96. The molecular formula is C19H25ClN2O3. The molecule has 2 heterocycles. The highest BCUT2D eigenvalue weighted by Crippen LogP contribution is 2.39. The highest BCUT2D eigenvalue weighted by Gasteiger charge is 2.42. The van der Waals surface area contributed by atoms with Gasteiger partial charge in [-0.1, -0.05) is 17.7 Å². The molecule has 25 heavy (non-hydrogen) atoms. The fraction of sp³-hybridized carbons (Fsp3) is 0.579. The number of hydrogen-bond acceptors (Lipinski definition) is 3. The Morgan fingerprint density at radius 3 is 2.88 bits per heavy atom. The van der Waals surface area contributed by atoms with Crippen molar-refractivity contribution in [3.63, 3.8) is 0 Å². The Hall–Kier alpha value is -1.59. The van der Waals surface area contributed by atoms with Gasteiger partial charge in [0.05, 0.1) is 0 Å². The van der Waals surface area contributed by atoms with Gasteiger partial charge in [-0.15, -0.1) is 0 Å². The Labute approximate surface area is 153 Å². The zero-order valence-corrected chi connectivity index (χ0v) is 15.2. The predicted octanol–water partition coefficient (Wildman–Crippen LogP) is 2.57. The molecule has 0 radical (unpaired) electrons. The van der Waals surface area contributed by atoms with Crippen molar-refractivity contribution in [1.82, 2.24) is 9.80 Å². The largest absolute Gasteiger partial charge is 0.396 e. The molecule has 1 aromatic rings. The fourth-order valence-corrected chi connectivity index (χ4v) is 4.28. The van der Waals surface area contributed by atoms with Gasteiger partial charge in [0, 0.05) is 55.2 Å². The van der Waals surface area contributed by atoms with Gasteiger partial charge < -0.3 is 14.9 Å². The van der Waals surface area contributed by atoms with Crippen LogP contribution in [0.25, 0.3) is 0 Å². The number of hydrogen-bond donors (Lipinski definition) is 1. The number of rotatable bonds is 4. The van der Waals surface area contributed by atoms with E-state index in [1.54, 1.807) is 24.3 Å². The van der Waals surface area contributed by atoms with Crippen molar-refractivity contribution < 1.29 is 14.7 Å². The Balaban J connectivity index is 1.71. The summed E-state index contributed by atoms with van der Waals surface area (Å²) in [6.45, 7) is 2.81. The highest BCUT2D eigenvalue weighted by atomic mass is 35.5. The first kappa shape index (κ1) is 18.2. The molecule has 6 heteroatoms. The number of piperidine rings is 2. The smallest absolute Gasteiger partial charge is 0.253 e. The van der Waals surface area contributed by atoms with Crippen LogP contribution in [0.1, 0.15) is 42.5 Å². The van der Waals surface area contributed by atoms with E-state index in [9.17, 15) is 9.59 Å². The topological polar surface area (TPSA) is 60.9 Å². The molecule has 1 aromatic carbocycles. The molecule has 2 fully saturated rings. The number of carbonyl (C=O) groups is 2. The van der Waals surface area contributed by atoms with Crippen LogP contribution < -0.4 is 0 Å². The van der Waals surface area contributed by atoms with Crippen LogP contribution in [0.15, 0.2) is 24.3 Å². The number of amides is 2. The summed E-state index contributed by atoms with van der Waals surface area (Å²) in [6, 6.07) is 7.07. The van der Waals surface area contributed by atoms with Crippen LogP contribution in [0.2, 0.25) is 5.02 Å². The van der Waals surface area contributed by atoms with E-state index in [1.807, 2.05) is 9.80 Å². The summed E-state index contributed by atoms with van der Waals surface area (Å²) in [4.78, 5) is 28.8. The molecule has 2 aliphatic heterocycles. The third-order valence-electron chi connectivity index (χ3n) is 5.35. The maximum absolute atomic E-state index is 12.8. The van der Waals surface area contributed by atoms with Gasteiger partial charge in [-0.25, -0.2) is 0 Å². The molecule has 0 aliphatic carbocycles. The summed E-state index contributed by atoms with van der Waals surface area (Å²) < 4.78 is 0. The van der Waals surface area contributed by atoms with Crippen molar-refractivity contribution >= 4 is 23.4 Å². The molecule has 1 atom stereocenters. The second-order valence-electron chi connectivity index (χ2n) is 7.23. The van der Waals surface area contributed by atoms with Crippen LogP contribution in [0.5, 0.6) is 0 Å². The van der Waals surface area contributed by atoms with Crippen molar-refractivity contribution in [2.24, 2.45) is 5.41 Å². The van der Waals surface area contributed by atoms with Crippen LogP contribution in [-0.2, 0) is 4.79 Å². The Kier molecular flexibility index (Phi) is 5.64. The molecule has 1 unspecified atom stereocenters. The molecule has 3 rings (SSSR count). The lowest BCUT2D eigenvalue weighted by molar-refractivity contribution is -0.139. The van der Waals surface area contributed by atoms with E-state index in [0.29, 0.717) is 43.1 Å². The summed E-state index contributed by atoms with van der Waals surface area (Å²) in [7, 11) is 0. The molecule has 0 saturated carbocycles. The molecule has 2 saturated heterocycles. The number of benzene rings is 1. The zero-order valence-electron chi connectivity index (χ0n) is 14.4. The lowest BCUT2D eigenvalue weighted by Crippen LogP contribution is -2.55. The van der Waals surface area contributed by atoms with E-state index in [2.05, 4.69) is 0 Å². The van der Waals surface area contributed by atoms with Gasteiger partial charge in [0.2, 0.25) is 5.91 Å². The summed E-state index contributed by atoms with van der Waals surface area (Å²) in [6.07, 6.45) is 3.96. The minimum Gasteiger partial charge on any atom is -0.396 e. The van der Waals surface area contributed by atoms with Gasteiger partial charge in [-0.3, -0.25) is 9.59 Å². The normalized spacial score (nSPS) is 24.0. The Morgan fingerprint density at radius 2 is 2.12 bits per heavy atom.